The highest BCUT2D eigenvalue weighted by molar-refractivity contribution is 6.14. The molecule has 0 unspecified atom stereocenters. The van der Waals surface area contributed by atoms with Gasteiger partial charge in [0.25, 0.3) is 0 Å². The second kappa shape index (κ2) is 8.07. The van der Waals surface area contributed by atoms with E-state index in [-0.39, 0.29) is 19.6 Å². The summed E-state index contributed by atoms with van der Waals surface area (Å²) in [5.41, 5.74) is 4.84. The quantitative estimate of drug-likeness (QED) is 0.457. The lowest BCUT2D eigenvalue weighted by molar-refractivity contribution is -0.166. The molecule has 0 amide bonds. The molecule has 4 heteroatoms. The van der Waals surface area contributed by atoms with Gasteiger partial charge in [-0.25, -0.2) is 0 Å². The molecule has 0 saturated heterocycles. The first-order valence-corrected chi connectivity index (χ1v) is 9.08. The first kappa shape index (κ1) is 18.7. The van der Waals surface area contributed by atoms with Gasteiger partial charge >= 0.3 is 11.9 Å². The van der Waals surface area contributed by atoms with Crippen LogP contribution in [0.1, 0.15) is 30.5 Å². The molecule has 0 bridgehead atoms. The van der Waals surface area contributed by atoms with Gasteiger partial charge in [-0.2, -0.15) is 0 Å². The number of rotatable bonds is 5. The van der Waals surface area contributed by atoms with Crippen molar-refractivity contribution in [3.8, 4) is 0 Å². The second-order valence-corrected chi connectivity index (χ2v) is 6.25. The Morgan fingerprint density at radius 1 is 0.963 bits per heavy atom. The number of benzene rings is 2. The predicted molar refractivity (Wildman–Crippen MR) is 104 cm³/mol. The fourth-order valence-corrected chi connectivity index (χ4v) is 3.37. The summed E-state index contributed by atoms with van der Waals surface area (Å²) in [5, 5.41) is 0. The van der Waals surface area contributed by atoms with Crippen LogP contribution in [0.3, 0.4) is 0 Å². The van der Waals surface area contributed by atoms with Gasteiger partial charge in [-0.1, -0.05) is 54.6 Å². The van der Waals surface area contributed by atoms with Gasteiger partial charge < -0.3 is 9.47 Å². The number of hydrogen-bond acceptors (Lipinski definition) is 4. The van der Waals surface area contributed by atoms with E-state index in [0.29, 0.717) is 5.57 Å². The molecule has 0 fully saturated rings. The smallest absolute Gasteiger partial charge is 0.329 e. The van der Waals surface area contributed by atoms with Crippen LogP contribution in [0.15, 0.2) is 60.3 Å². The zero-order valence-corrected chi connectivity index (χ0v) is 15.5. The van der Waals surface area contributed by atoms with Crippen molar-refractivity contribution < 1.29 is 19.1 Å². The molecule has 0 saturated carbocycles. The normalized spacial score (nSPS) is 14.1. The van der Waals surface area contributed by atoms with Crippen molar-refractivity contribution >= 4 is 23.6 Å². The maximum absolute atomic E-state index is 13.0. The molecule has 0 N–H and O–H groups in total. The minimum atomic E-state index is -1.53. The molecule has 2 aromatic carbocycles. The molecular weight excluding hydrogens is 340 g/mol. The van der Waals surface area contributed by atoms with Gasteiger partial charge in [-0.3, -0.25) is 9.59 Å². The Bertz CT molecular complexity index is 887. The van der Waals surface area contributed by atoms with Crippen LogP contribution in [0.25, 0.3) is 11.6 Å². The average Bonchev–Trinajstić information content (AvgIpc) is 3.03. The van der Waals surface area contributed by atoms with E-state index in [1.807, 2.05) is 54.6 Å². The maximum Gasteiger partial charge on any atom is 0.329 e. The zero-order valence-electron chi connectivity index (χ0n) is 15.5. The predicted octanol–water partition coefficient (Wildman–Crippen LogP) is 4.05. The van der Waals surface area contributed by atoms with Gasteiger partial charge in [0.1, 0.15) is 0 Å². The fraction of sp³-hybridized carbons (Fsp3) is 0.261. The number of esters is 2. The molecule has 4 nitrogen and oxygen atoms in total. The topological polar surface area (TPSA) is 52.6 Å². The summed E-state index contributed by atoms with van der Waals surface area (Å²) < 4.78 is 10.6. The Morgan fingerprint density at radius 2 is 1.56 bits per heavy atom. The first-order chi connectivity index (χ1) is 13.1. The summed E-state index contributed by atoms with van der Waals surface area (Å²) in [4.78, 5) is 26.0. The van der Waals surface area contributed by atoms with Crippen molar-refractivity contribution in [2.75, 3.05) is 13.2 Å². The summed E-state index contributed by atoms with van der Waals surface area (Å²) in [7, 11) is 0. The van der Waals surface area contributed by atoms with E-state index in [4.69, 9.17) is 9.47 Å². The Hall–Kier alpha value is -3.10. The van der Waals surface area contributed by atoms with Gasteiger partial charge in [0.15, 0.2) is 0 Å². The van der Waals surface area contributed by atoms with Crippen molar-refractivity contribution in [1.29, 1.82) is 0 Å². The lowest BCUT2D eigenvalue weighted by Gasteiger charge is -2.25. The van der Waals surface area contributed by atoms with Gasteiger partial charge in [-0.05, 0) is 36.6 Å². The maximum atomic E-state index is 13.0. The lowest BCUT2D eigenvalue weighted by Crippen LogP contribution is -2.42. The van der Waals surface area contributed by atoms with E-state index in [1.165, 1.54) is 0 Å². The summed E-state index contributed by atoms with van der Waals surface area (Å²) in [5.74, 6) is -1.19. The molecule has 0 atom stereocenters. The molecule has 1 aliphatic rings. The number of carbonyl (C=O) groups excluding carboxylic acids is 2. The summed E-state index contributed by atoms with van der Waals surface area (Å²) in [6, 6.07) is 17.2. The summed E-state index contributed by atoms with van der Waals surface area (Å²) in [6.07, 6.45) is 2.00. The monoisotopic (exact) mass is 362 g/mol. The molecular formula is C23H22O4. The van der Waals surface area contributed by atoms with Crippen molar-refractivity contribution in [3.05, 3.63) is 77.0 Å². The highest BCUT2D eigenvalue weighted by atomic mass is 16.6. The highest BCUT2D eigenvalue weighted by Gasteiger charge is 2.56. The van der Waals surface area contributed by atoms with Gasteiger partial charge in [0.05, 0.1) is 13.2 Å². The van der Waals surface area contributed by atoms with Gasteiger partial charge in [0, 0.05) is 12.0 Å². The highest BCUT2D eigenvalue weighted by Crippen LogP contribution is 2.48. The van der Waals surface area contributed by atoms with Crippen LogP contribution in [-0.4, -0.2) is 25.2 Å². The van der Waals surface area contributed by atoms with Crippen molar-refractivity contribution in [3.63, 3.8) is 0 Å². The molecule has 0 radical (unpaired) electrons. The number of carbonyl (C=O) groups is 2. The third-order valence-corrected chi connectivity index (χ3v) is 4.60. The SMILES string of the molecule is CCOC(=O)C1(C(=O)OCC)Cc2ccccc2C1=C=Cc1ccccc1. The van der Waals surface area contributed by atoms with Crippen molar-refractivity contribution in [2.24, 2.45) is 5.41 Å². The van der Waals surface area contributed by atoms with Crippen LogP contribution in [0.2, 0.25) is 0 Å². The van der Waals surface area contributed by atoms with Crippen LogP contribution in [-0.2, 0) is 25.5 Å². The molecule has 138 valence electrons. The number of ether oxygens (including phenoxy) is 2. The standard InChI is InChI=1S/C23H22O4/c1-3-26-21(24)23(22(25)27-4-2)16-18-12-8-9-13-19(18)20(23)15-14-17-10-6-5-7-11-17/h5-14H,3-4,16H2,1-2H3. The molecule has 0 heterocycles. The zero-order chi connectivity index (χ0) is 19.3. The van der Waals surface area contributed by atoms with E-state index < -0.39 is 17.4 Å². The van der Waals surface area contributed by atoms with Crippen LogP contribution in [0.5, 0.6) is 0 Å². The van der Waals surface area contributed by atoms with E-state index in [9.17, 15) is 9.59 Å². The second-order valence-electron chi connectivity index (χ2n) is 6.25. The van der Waals surface area contributed by atoms with Crippen LogP contribution < -0.4 is 0 Å². The Kier molecular flexibility index (Phi) is 5.58. The Balaban J connectivity index is 2.23. The minimum absolute atomic E-state index is 0.187. The Labute approximate surface area is 159 Å². The van der Waals surface area contributed by atoms with Crippen molar-refractivity contribution in [2.45, 2.75) is 20.3 Å². The van der Waals surface area contributed by atoms with E-state index >= 15 is 0 Å². The van der Waals surface area contributed by atoms with Gasteiger partial charge in [0.2, 0.25) is 5.41 Å². The molecule has 1 aliphatic carbocycles. The van der Waals surface area contributed by atoms with Gasteiger partial charge in [-0.15, -0.1) is 5.73 Å². The fourth-order valence-electron chi connectivity index (χ4n) is 3.37. The van der Waals surface area contributed by atoms with Crippen LogP contribution >= 0.6 is 0 Å². The largest absolute Gasteiger partial charge is 0.465 e. The molecule has 2 aromatic rings. The third-order valence-electron chi connectivity index (χ3n) is 4.60. The first-order valence-electron chi connectivity index (χ1n) is 9.08. The average molecular weight is 362 g/mol. The van der Waals surface area contributed by atoms with E-state index in [1.54, 1.807) is 19.9 Å². The summed E-state index contributed by atoms with van der Waals surface area (Å²) in [6.45, 7) is 3.82. The molecule has 0 spiro atoms. The molecule has 0 aromatic heterocycles. The lowest BCUT2D eigenvalue weighted by atomic mass is 9.80. The molecule has 0 aliphatic heterocycles. The van der Waals surface area contributed by atoms with Crippen LogP contribution in [0, 0.1) is 5.41 Å². The number of fused-ring (bicyclic) bond motifs is 1. The van der Waals surface area contributed by atoms with Crippen LogP contribution in [0.4, 0.5) is 0 Å². The van der Waals surface area contributed by atoms with E-state index in [0.717, 1.165) is 16.7 Å². The minimum Gasteiger partial charge on any atom is -0.465 e. The van der Waals surface area contributed by atoms with E-state index in [2.05, 4.69) is 5.73 Å². The van der Waals surface area contributed by atoms with Crippen molar-refractivity contribution in [1.82, 2.24) is 0 Å². The Morgan fingerprint density at radius 3 is 2.19 bits per heavy atom. The molecule has 3 rings (SSSR count). The third kappa shape index (κ3) is 3.44. The number of hydrogen-bond donors (Lipinski definition) is 0. The molecule has 27 heavy (non-hydrogen) atoms. The summed E-state index contributed by atoms with van der Waals surface area (Å²) >= 11 is 0.